The molecule has 2 N–H and O–H groups in total. The van der Waals surface area contributed by atoms with Crippen LogP contribution in [0.3, 0.4) is 0 Å². The van der Waals surface area contributed by atoms with Crippen molar-refractivity contribution in [2.24, 2.45) is 0 Å². The molecule has 146 valence electrons. The van der Waals surface area contributed by atoms with Gasteiger partial charge in [-0.15, -0.1) is 0 Å². The van der Waals surface area contributed by atoms with Crippen molar-refractivity contribution in [3.63, 3.8) is 0 Å². The summed E-state index contributed by atoms with van der Waals surface area (Å²) >= 11 is 0. The Hall–Kier alpha value is -3.68. The van der Waals surface area contributed by atoms with Crippen LogP contribution >= 0.6 is 0 Å². The summed E-state index contributed by atoms with van der Waals surface area (Å²) in [6, 6.07) is 15.9. The molecule has 4 rings (SSSR count). The van der Waals surface area contributed by atoms with Crippen LogP contribution in [0.4, 0.5) is 19.0 Å². The first-order chi connectivity index (χ1) is 13.9. The first-order valence-corrected chi connectivity index (χ1v) is 8.76. The van der Waals surface area contributed by atoms with E-state index < -0.39 is 11.7 Å². The Labute approximate surface area is 163 Å². The van der Waals surface area contributed by atoms with E-state index in [1.54, 1.807) is 6.20 Å². The van der Waals surface area contributed by atoms with Crippen LogP contribution in [0.1, 0.15) is 11.1 Å². The van der Waals surface area contributed by atoms with Crippen LogP contribution in [-0.4, -0.2) is 21.1 Å². The zero-order valence-corrected chi connectivity index (χ0v) is 15.0. The number of halogens is 3. The van der Waals surface area contributed by atoms with E-state index in [0.29, 0.717) is 0 Å². The van der Waals surface area contributed by atoms with Crippen LogP contribution in [0.25, 0.3) is 22.2 Å². The van der Waals surface area contributed by atoms with E-state index in [4.69, 9.17) is 0 Å². The molecule has 0 aliphatic heterocycles. The Morgan fingerprint density at radius 3 is 2.69 bits per heavy atom. The van der Waals surface area contributed by atoms with Gasteiger partial charge in [0.1, 0.15) is 0 Å². The Balaban J connectivity index is 1.50. The van der Waals surface area contributed by atoms with E-state index >= 15 is 0 Å². The van der Waals surface area contributed by atoms with Crippen LogP contribution in [0.2, 0.25) is 0 Å². The van der Waals surface area contributed by atoms with Crippen molar-refractivity contribution < 1.29 is 18.0 Å². The van der Waals surface area contributed by atoms with Gasteiger partial charge in [-0.2, -0.15) is 18.3 Å². The van der Waals surface area contributed by atoms with Gasteiger partial charge in [0.15, 0.2) is 5.82 Å². The van der Waals surface area contributed by atoms with Crippen LogP contribution < -0.4 is 5.32 Å². The molecule has 8 heteroatoms. The fraction of sp³-hybridized carbons (Fsp3) is 0.0952. The number of benzene rings is 2. The molecular weight excluding hydrogens is 381 g/mol. The average Bonchev–Trinajstić information content (AvgIpc) is 3.15. The normalized spacial score (nSPS) is 11.6. The molecule has 0 atom stereocenters. The molecule has 0 aliphatic carbocycles. The molecule has 0 saturated carbocycles. The van der Waals surface area contributed by atoms with Crippen molar-refractivity contribution in [1.29, 1.82) is 0 Å². The monoisotopic (exact) mass is 396 g/mol. The number of alkyl halides is 3. The number of rotatable bonds is 4. The van der Waals surface area contributed by atoms with Gasteiger partial charge in [0, 0.05) is 23.2 Å². The van der Waals surface area contributed by atoms with E-state index in [-0.39, 0.29) is 29.4 Å². The van der Waals surface area contributed by atoms with E-state index in [2.05, 4.69) is 20.5 Å². The minimum absolute atomic E-state index is 0.0337. The maximum atomic E-state index is 13.2. The second-order valence-corrected chi connectivity index (χ2v) is 6.47. The standard InChI is InChI=1S/C21H15F3N4O/c22-21(23,24)16-6-2-1-5-15(16)18-12-19(28-27-18)26-20(29)11-13-7-8-14-4-3-9-25-17(14)10-13/h1-10,12H,11H2,(H2,26,27,28,29). The highest BCUT2D eigenvalue weighted by atomic mass is 19.4. The van der Waals surface area contributed by atoms with Crippen LogP contribution in [0.15, 0.2) is 66.9 Å². The van der Waals surface area contributed by atoms with Crippen molar-refractivity contribution in [2.75, 3.05) is 5.32 Å². The molecule has 4 aromatic rings. The van der Waals surface area contributed by atoms with Crippen molar-refractivity contribution in [2.45, 2.75) is 12.6 Å². The van der Waals surface area contributed by atoms with E-state index in [1.165, 1.54) is 24.3 Å². The predicted octanol–water partition coefficient (Wildman–Crippen LogP) is 4.82. The topological polar surface area (TPSA) is 70.7 Å². The van der Waals surface area contributed by atoms with Crippen molar-refractivity contribution in [1.82, 2.24) is 15.2 Å². The molecular formula is C21H15F3N4O. The third-order valence-corrected chi connectivity index (χ3v) is 4.40. The van der Waals surface area contributed by atoms with Gasteiger partial charge in [-0.05, 0) is 23.8 Å². The summed E-state index contributed by atoms with van der Waals surface area (Å²) in [5.74, 6) is -0.177. The highest BCUT2D eigenvalue weighted by Crippen LogP contribution is 2.36. The van der Waals surface area contributed by atoms with Gasteiger partial charge in [0.2, 0.25) is 5.91 Å². The summed E-state index contributed by atoms with van der Waals surface area (Å²) < 4.78 is 39.6. The highest BCUT2D eigenvalue weighted by molar-refractivity contribution is 5.92. The van der Waals surface area contributed by atoms with Gasteiger partial charge in [-0.1, -0.05) is 36.4 Å². The molecule has 1 amide bonds. The lowest BCUT2D eigenvalue weighted by atomic mass is 10.0. The number of carbonyl (C=O) groups excluding carboxylic acids is 1. The molecule has 0 aliphatic rings. The number of anilines is 1. The number of amides is 1. The fourth-order valence-corrected chi connectivity index (χ4v) is 3.08. The molecule has 0 unspecified atom stereocenters. The lowest BCUT2D eigenvalue weighted by molar-refractivity contribution is -0.137. The number of hydrogen-bond acceptors (Lipinski definition) is 3. The van der Waals surface area contributed by atoms with Gasteiger partial charge in [-0.25, -0.2) is 0 Å². The minimum atomic E-state index is -4.49. The maximum Gasteiger partial charge on any atom is 0.417 e. The van der Waals surface area contributed by atoms with Crippen LogP contribution in [0, 0.1) is 0 Å². The van der Waals surface area contributed by atoms with Crippen molar-refractivity contribution >= 4 is 22.6 Å². The maximum absolute atomic E-state index is 13.2. The van der Waals surface area contributed by atoms with Crippen molar-refractivity contribution in [3.05, 3.63) is 78.0 Å². The summed E-state index contributed by atoms with van der Waals surface area (Å²) in [5.41, 5.74) is 0.914. The molecule has 2 aromatic heterocycles. The summed E-state index contributed by atoms with van der Waals surface area (Å²) in [7, 11) is 0. The van der Waals surface area contributed by atoms with E-state index in [0.717, 1.165) is 22.5 Å². The number of aromatic nitrogens is 3. The Bertz CT molecular complexity index is 1180. The summed E-state index contributed by atoms with van der Waals surface area (Å²) in [6.07, 6.45) is -2.72. The molecule has 0 saturated heterocycles. The molecule has 2 heterocycles. The molecule has 2 aromatic carbocycles. The minimum Gasteiger partial charge on any atom is -0.309 e. The van der Waals surface area contributed by atoms with E-state index in [1.807, 2.05) is 30.3 Å². The average molecular weight is 396 g/mol. The number of nitrogens with one attached hydrogen (secondary N) is 2. The molecule has 0 fully saturated rings. The SMILES string of the molecule is O=C(Cc1ccc2cccnc2c1)Nc1cc(-c2ccccc2C(F)(F)F)[nH]n1. The zero-order valence-electron chi connectivity index (χ0n) is 15.0. The quantitative estimate of drug-likeness (QED) is 0.519. The Morgan fingerprint density at radius 1 is 1.03 bits per heavy atom. The Kier molecular flexibility index (Phi) is 4.75. The van der Waals surface area contributed by atoms with E-state index in [9.17, 15) is 18.0 Å². The van der Waals surface area contributed by atoms with Gasteiger partial charge >= 0.3 is 6.18 Å². The summed E-state index contributed by atoms with van der Waals surface area (Å²) in [5, 5.41) is 10.0. The lowest BCUT2D eigenvalue weighted by Crippen LogP contribution is -2.14. The number of H-pyrrole nitrogens is 1. The predicted molar refractivity (Wildman–Crippen MR) is 103 cm³/mol. The number of aromatic amines is 1. The summed E-state index contributed by atoms with van der Waals surface area (Å²) in [4.78, 5) is 16.6. The molecule has 0 bridgehead atoms. The second-order valence-electron chi connectivity index (χ2n) is 6.47. The van der Waals surface area contributed by atoms with Gasteiger partial charge in [0.25, 0.3) is 0 Å². The zero-order chi connectivity index (χ0) is 20.4. The molecule has 0 radical (unpaired) electrons. The van der Waals surface area contributed by atoms with Gasteiger partial charge in [-0.3, -0.25) is 14.9 Å². The smallest absolute Gasteiger partial charge is 0.309 e. The first kappa shape index (κ1) is 18.7. The Morgan fingerprint density at radius 2 is 1.86 bits per heavy atom. The molecule has 29 heavy (non-hydrogen) atoms. The number of pyridine rings is 1. The fourth-order valence-electron chi connectivity index (χ4n) is 3.08. The largest absolute Gasteiger partial charge is 0.417 e. The third-order valence-electron chi connectivity index (χ3n) is 4.40. The highest BCUT2D eigenvalue weighted by Gasteiger charge is 2.33. The number of carbonyl (C=O) groups is 1. The summed E-state index contributed by atoms with van der Waals surface area (Å²) in [6.45, 7) is 0. The molecule has 0 spiro atoms. The van der Waals surface area contributed by atoms with Crippen LogP contribution in [0.5, 0.6) is 0 Å². The molecule has 5 nitrogen and oxygen atoms in total. The van der Waals surface area contributed by atoms with Crippen molar-refractivity contribution in [3.8, 4) is 11.3 Å². The third kappa shape index (κ3) is 4.11. The van der Waals surface area contributed by atoms with Crippen LogP contribution in [-0.2, 0) is 17.4 Å². The lowest BCUT2D eigenvalue weighted by Gasteiger charge is -2.10. The van der Waals surface area contributed by atoms with Gasteiger partial charge in [0.05, 0.1) is 23.2 Å². The second kappa shape index (κ2) is 7.38. The number of hydrogen-bond donors (Lipinski definition) is 2. The number of fused-ring (bicyclic) bond motifs is 1. The first-order valence-electron chi connectivity index (χ1n) is 8.76. The van der Waals surface area contributed by atoms with Gasteiger partial charge < -0.3 is 5.32 Å². The number of nitrogens with zero attached hydrogens (tertiary/aromatic N) is 2.